The van der Waals surface area contributed by atoms with E-state index in [2.05, 4.69) is 4.99 Å². The fraction of sp³-hybridized carbons (Fsp3) is 0.364. The van der Waals surface area contributed by atoms with Crippen LogP contribution in [0.25, 0.3) is 0 Å². The number of aliphatic hydroxyl groups is 2. The first kappa shape index (κ1) is 35.0. The van der Waals surface area contributed by atoms with Crippen molar-refractivity contribution in [3.8, 4) is 11.5 Å². The number of aromatic hydroxyl groups is 1. The number of rotatable bonds is 7. The number of benzene rings is 3. The number of aryl methyl sites for hydroxylation is 1. The van der Waals surface area contributed by atoms with Gasteiger partial charge < -0.3 is 36.1 Å². The second kappa shape index (κ2) is 14.7. The topological polar surface area (TPSA) is 192 Å². The van der Waals surface area contributed by atoms with E-state index >= 15 is 0 Å². The molecule has 1 aliphatic carbocycles. The average molecular weight is 644 g/mol. The van der Waals surface area contributed by atoms with Crippen LogP contribution in [0.15, 0.2) is 89.4 Å². The molecular formula is C33H38N3NaO7S. The molecule has 0 saturated heterocycles. The Balaban J connectivity index is 0.00000461. The standard InChI is InChI=1S/C33H39N3O7S.Na/c34-32(35)36-33(18-1-19-37)25-10-5-22(6-11-25)28-16-9-24(31(39)23-7-12-26(38)13-8-23)20-29(28)30(44(40,41)42)17-4-21-2-14-27(43-33)15-3-21;/h2-3,5-8,10-15,20,28-31,37-39H,1,4,9,16-19H2,(H4,34,35,36)(H,40,41,42);/q;+1/p-1/t28-,29-,30-,31+,33-;/m1./s1. The number of guanidine groups is 1. The molecule has 4 aliphatic heterocycles. The van der Waals surface area contributed by atoms with E-state index < -0.39 is 33.1 Å². The Morgan fingerprint density at radius 2 is 1.67 bits per heavy atom. The largest absolute Gasteiger partial charge is 1.00 e. The molecule has 0 amide bonds. The van der Waals surface area contributed by atoms with Gasteiger partial charge in [0.2, 0.25) is 5.72 Å². The van der Waals surface area contributed by atoms with Crippen LogP contribution in [-0.2, 0) is 22.3 Å². The SMILES string of the molecule is NC(N)=N[C@]1(CCCO)Oc2ccc(cc2)CC[C@@H](S(=O)(=O)[O-])[C@@H]2C=C([C@@H](O)c3ccc(O)cc3)CC[C@@H]2c2ccc1cc2.[Na+]. The number of phenols is 1. The van der Waals surface area contributed by atoms with Crippen molar-refractivity contribution in [1.82, 2.24) is 0 Å². The minimum Gasteiger partial charge on any atom is -0.748 e. The van der Waals surface area contributed by atoms with Gasteiger partial charge in [0.15, 0.2) is 5.96 Å². The Bertz CT molecular complexity index is 1610. The number of nitrogens with two attached hydrogens (primary N) is 2. The van der Waals surface area contributed by atoms with Crippen LogP contribution in [0.4, 0.5) is 0 Å². The molecule has 0 radical (unpaired) electrons. The normalized spacial score (nSPS) is 23.7. The molecule has 5 aliphatic rings. The van der Waals surface area contributed by atoms with Crippen LogP contribution >= 0.6 is 0 Å². The Morgan fingerprint density at radius 3 is 2.27 bits per heavy atom. The maximum Gasteiger partial charge on any atom is 1.00 e. The predicted octanol–water partition coefficient (Wildman–Crippen LogP) is 0.688. The van der Waals surface area contributed by atoms with E-state index in [1.807, 2.05) is 36.4 Å². The van der Waals surface area contributed by atoms with Gasteiger partial charge in [-0.2, -0.15) is 0 Å². The Hall–Kier alpha value is -2.90. The van der Waals surface area contributed by atoms with Gasteiger partial charge in [-0.15, -0.1) is 0 Å². The summed E-state index contributed by atoms with van der Waals surface area (Å²) >= 11 is 0. The van der Waals surface area contributed by atoms with Gasteiger partial charge in [0.25, 0.3) is 0 Å². The van der Waals surface area contributed by atoms with Crippen molar-refractivity contribution in [2.24, 2.45) is 22.4 Å². The van der Waals surface area contributed by atoms with E-state index in [4.69, 9.17) is 16.2 Å². The number of nitrogens with zero attached hydrogens (tertiary/aromatic N) is 1. The summed E-state index contributed by atoms with van der Waals surface area (Å²) in [5.41, 5.74) is 13.9. The third-order valence-electron chi connectivity index (χ3n) is 8.68. The number of phenolic OH excluding ortho intramolecular Hbond substituents is 1. The molecule has 5 atom stereocenters. The zero-order valence-corrected chi connectivity index (χ0v) is 28.1. The van der Waals surface area contributed by atoms with Crippen LogP contribution < -0.4 is 45.8 Å². The van der Waals surface area contributed by atoms with Crippen molar-refractivity contribution in [2.75, 3.05) is 6.61 Å². The van der Waals surface area contributed by atoms with Crippen molar-refractivity contribution >= 4 is 16.1 Å². The van der Waals surface area contributed by atoms with Crippen molar-refractivity contribution in [2.45, 2.75) is 61.5 Å². The van der Waals surface area contributed by atoms with Crippen LogP contribution in [0, 0.1) is 5.92 Å². The second-order valence-corrected chi connectivity index (χ2v) is 13.1. The number of ether oxygens (including phenoxy) is 1. The van der Waals surface area contributed by atoms with Crippen molar-refractivity contribution in [3.05, 3.63) is 107 Å². The molecular weight excluding hydrogens is 605 g/mol. The van der Waals surface area contributed by atoms with E-state index in [9.17, 15) is 28.3 Å². The minimum atomic E-state index is -4.74. The number of hydrogen-bond donors (Lipinski definition) is 5. The molecule has 0 fully saturated rings. The molecule has 4 heterocycles. The van der Waals surface area contributed by atoms with E-state index in [-0.39, 0.29) is 66.6 Å². The smallest absolute Gasteiger partial charge is 0.748 e. The number of aliphatic imine (C=N–C) groups is 1. The molecule has 10 nitrogen and oxygen atoms in total. The number of aliphatic hydroxyl groups excluding tert-OH is 2. The summed E-state index contributed by atoms with van der Waals surface area (Å²) in [6, 6.07) is 20.7. The summed E-state index contributed by atoms with van der Waals surface area (Å²) in [6.07, 6.45) is 2.82. The maximum absolute atomic E-state index is 12.9. The van der Waals surface area contributed by atoms with Gasteiger partial charge in [-0.05, 0) is 90.5 Å². The zero-order valence-electron chi connectivity index (χ0n) is 25.2. The first-order valence-corrected chi connectivity index (χ1v) is 16.2. The van der Waals surface area contributed by atoms with Crippen LogP contribution in [0.2, 0.25) is 0 Å². The van der Waals surface area contributed by atoms with Gasteiger partial charge >= 0.3 is 29.6 Å². The number of hydrogen-bond acceptors (Lipinski definition) is 8. The molecule has 0 aromatic heterocycles. The van der Waals surface area contributed by atoms with Gasteiger partial charge in [0.1, 0.15) is 17.6 Å². The molecule has 3 aromatic rings. The molecule has 3 aromatic carbocycles. The summed E-state index contributed by atoms with van der Waals surface area (Å²) in [6.45, 7) is -0.0956. The van der Waals surface area contributed by atoms with Crippen LogP contribution in [-0.4, -0.2) is 46.1 Å². The molecule has 7 N–H and O–H groups in total. The van der Waals surface area contributed by atoms with Gasteiger partial charge in [-0.1, -0.05) is 54.6 Å². The van der Waals surface area contributed by atoms with E-state index in [0.717, 1.165) is 11.1 Å². The molecule has 4 bridgehead atoms. The van der Waals surface area contributed by atoms with E-state index in [1.165, 1.54) is 12.1 Å². The summed E-state index contributed by atoms with van der Waals surface area (Å²) < 4.78 is 45.0. The maximum atomic E-state index is 12.9. The van der Waals surface area contributed by atoms with Crippen molar-refractivity contribution < 1.29 is 62.6 Å². The molecule has 12 heteroatoms. The van der Waals surface area contributed by atoms with Crippen LogP contribution in [0.5, 0.6) is 11.5 Å². The predicted molar refractivity (Wildman–Crippen MR) is 166 cm³/mol. The van der Waals surface area contributed by atoms with Gasteiger partial charge in [0.05, 0.1) is 15.4 Å². The molecule has 234 valence electrons. The molecule has 0 saturated carbocycles. The van der Waals surface area contributed by atoms with E-state index in [1.54, 1.807) is 30.3 Å². The van der Waals surface area contributed by atoms with Crippen LogP contribution in [0.3, 0.4) is 0 Å². The first-order chi connectivity index (χ1) is 21.0. The fourth-order valence-electron chi connectivity index (χ4n) is 6.49. The number of allylic oxidation sites excluding steroid dienone is 1. The molecule has 0 unspecified atom stereocenters. The van der Waals surface area contributed by atoms with Gasteiger partial charge in [-0.25, -0.2) is 13.4 Å². The summed E-state index contributed by atoms with van der Waals surface area (Å²) in [7, 11) is -4.74. The Kier molecular flexibility index (Phi) is 11.4. The molecule has 8 rings (SSSR count). The summed E-state index contributed by atoms with van der Waals surface area (Å²) in [5, 5.41) is 29.3. The van der Waals surface area contributed by atoms with Crippen molar-refractivity contribution in [1.29, 1.82) is 0 Å². The Morgan fingerprint density at radius 1 is 1.00 bits per heavy atom. The fourth-order valence-corrected chi connectivity index (χ4v) is 7.55. The van der Waals surface area contributed by atoms with Crippen molar-refractivity contribution in [3.63, 3.8) is 0 Å². The second-order valence-electron chi connectivity index (χ2n) is 11.5. The monoisotopic (exact) mass is 643 g/mol. The summed E-state index contributed by atoms with van der Waals surface area (Å²) in [5.74, 6) is -0.650. The first-order valence-electron chi connectivity index (χ1n) is 14.7. The van der Waals surface area contributed by atoms with Gasteiger partial charge in [-0.3, -0.25) is 0 Å². The quantitative estimate of drug-likeness (QED) is 0.0810. The summed E-state index contributed by atoms with van der Waals surface area (Å²) in [4.78, 5) is 4.50. The molecule has 45 heavy (non-hydrogen) atoms. The molecule has 0 spiro atoms. The van der Waals surface area contributed by atoms with Crippen LogP contribution in [0.1, 0.15) is 66.4 Å². The zero-order chi connectivity index (χ0) is 31.5. The third-order valence-corrected chi connectivity index (χ3v) is 9.97. The van der Waals surface area contributed by atoms with Gasteiger partial charge in [0, 0.05) is 18.6 Å². The third kappa shape index (κ3) is 8.10. The average Bonchev–Trinajstić information content (AvgIpc) is 3.00. The minimum absolute atomic E-state index is 0. The Labute approximate surface area is 285 Å². The van der Waals surface area contributed by atoms with E-state index in [0.29, 0.717) is 48.1 Å².